The molecule has 1 aromatic carbocycles. The van der Waals surface area contributed by atoms with Crippen LogP contribution < -0.4 is 10.1 Å². The van der Waals surface area contributed by atoms with E-state index in [1.807, 2.05) is 19.9 Å². The molecule has 7 heteroatoms. The fourth-order valence-corrected chi connectivity index (χ4v) is 2.29. The van der Waals surface area contributed by atoms with Gasteiger partial charge in [0.25, 0.3) is 5.91 Å². The van der Waals surface area contributed by atoms with Gasteiger partial charge in [0, 0.05) is 18.9 Å². The number of nitrogens with zero attached hydrogens (tertiary/aromatic N) is 2. The minimum atomic E-state index is -0.679. The maximum Gasteiger partial charge on any atom is 0.359 e. The van der Waals surface area contributed by atoms with Crippen LogP contribution in [0.4, 0.5) is 0 Å². The Labute approximate surface area is 152 Å². The smallest absolute Gasteiger partial charge is 0.359 e. The fourth-order valence-electron chi connectivity index (χ4n) is 2.29. The van der Waals surface area contributed by atoms with Gasteiger partial charge in [0.1, 0.15) is 5.75 Å². The van der Waals surface area contributed by atoms with Crippen molar-refractivity contribution in [3.05, 3.63) is 53.1 Å². The standard InChI is InChI=1S/C19H23N3O4/c1-13-9-14(2)15(3)17(10-13)25-8-4-5-22-18(23)12-26-19(24)16-11-20-6-7-21-16/h6-7,9-11H,4-5,8,12H2,1-3H3,(H,22,23). The van der Waals surface area contributed by atoms with E-state index in [1.54, 1.807) is 0 Å². The number of carbonyl (C=O) groups is 2. The van der Waals surface area contributed by atoms with Gasteiger partial charge in [0.15, 0.2) is 12.3 Å². The zero-order chi connectivity index (χ0) is 18.9. The molecular weight excluding hydrogens is 334 g/mol. The van der Waals surface area contributed by atoms with Crippen molar-refractivity contribution in [2.45, 2.75) is 27.2 Å². The summed E-state index contributed by atoms with van der Waals surface area (Å²) in [5.74, 6) is -0.182. The third-order valence-electron chi connectivity index (χ3n) is 3.77. The molecular formula is C19H23N3O4. The molecule has 7 nitrogen and oxygen atoms in total. The second kappa shape index (κ2) is 9.50. The first-order valence-electron chi connectivity index (χ1n) is 8.38. The molecule has 2 rings (SSSR count). The van der Waals surface area contributed by atoms with E-state index >= 15 is 0 Å². The number of carbonyl (C=O) groups excluding carboxylic acids is 2. The average Bonchev–Trinajstić information content (AvgIpc) is 2.63. The molecule has 138 valence electrons. The van der Waals surface area contributed by atoms with Gasteiger partial charge in [-0.05, 0) is 49.9 Å². The summed E-state index contributed by atoms with van der Waals surface area (Å²) in [5, 5.41) is 2.68. The molecule has 0 radical (unpaired) electrons. The van der Waals surface area contributed by atoms with E-state index in [4.69, 9.17) is 9.47 Å². The minimum absolute atomic E-state index is 0.0671. The van der Waals surface area contributed by atoms with Crippen LogP contribution in [-0.4, -0.2) is 41.6 Å². The highest BCUT2D eigenvalue weighted by Gasteiger charge is 2.11. The zero-order valence-electron chi connectivity index (χ0n) is 15.2. The van der Waals surface area contributed by atoms with E-state index in [2.05, 4.69) is 28.3 Å². The summed E-state index contributed by atoms with van der Waals surface area (Å²) in [6.45, 7) is 6.68. The molecule has 0 aliphatic rings. The van der Waals surface area contributed by atoms with Crippen LogP contribution in [-0.2, 0) is 9.53 Å². The van der Waals surface area contributed by atoms with Crippen LogP contribution in [0.15, 0.2) is 30.7 Å². The first kappa shape index (κ1) is 19.4. The Hall–Kier alpha value is -2.96. The van der Waals surface area contributed by atoms with E-state index in [0.717, 1.165) is 16.9 Å². The second-order valence-electron chi connectivity index (χ2n) is 5.92. The first-order chi connectivity index (χ1) is 12.5. The van der Waals surface area contributed by atoms with Crippen LogP contribution in [0.3, 0.4) is 0 Å². The molecule has 0 unspecified atom stereocenters. The van der Waals surface area contributed by atoms with Gasteiger partial charge in [-0.25, -0.2) is 9.78 Å². The van der Waals surface area contributed by atoms with Crippen molar-refractivity contribution in [3.8, 4) is 5.75 Å². The van der Waals surface area contributed by atoms with Crippen LogP contribution in [0.25, 0.3) is 0 Å². The minimum Gasteiger partial charge on any atom is -0.493 e. The van der Waals surface area contributed by atoms with E-state index in [9.17, 15) is 9.59 Å². The van der Waals surface area contributed by atoms with Gasteiger partial charge in [0.05, 0.1) is 12.8 Å². The average molecular weight is 357 g/mol. The lowest BCUT2D eigenvalue weighted by atomic mass is 10.1. The van der Waals surface area contributed by atoms with Gasteiger partial charge >= 0.3 is 5.97 Å². The summed E-state index contributed by atoms with van der Waals surface area (Å²) in [4.78, 5) is 30.9. The van der Waals surface area contributed by atoms with Gasteiger partial charge in [-0.1, -0.05) is 6.07 Å². The van der Waals surface area contributed by atoms with Crippen LogP contribution in [0.5, 0.6) is 5.75 Å². The predicted octanol–water partition coefficient (Wildman–Crippen LogP) is 2.14. The van der Waals surface area contributed by atoms with Crippen LogP contribution >= 0.6 is 0 Å². The van der Waals surface area contributed by atoms with E-state index in [1.165, 1.54) is 24.2 Å². The lowest BCUT2D eigenvalue weighted by Gasteiger charge is -2.12. The number of hydrogen-bond donors (Lipinski definition) is 1. The van der Waals surface area contributed by atoms with Crippen molar-refractivity contribution in [2.75, 3.05) is 19.8 Å². The molecule has 1 amide bonds. The van der Waals surface area contributed by atoms with Gasteiger partial charge in [0.2, 0.25) is 0 Å². The third-order valence-corrected chi connectivity index (χ3v) is 3.77. The Morgan fingerprint density at radius 1 is 1.15 bits per heavy atom. The molecule has 0 spiro atoms. The van der Waals surface area contributed by atoms with E-state index in [-0.39, 0.29) is 18.2 Å². The summed E-state index contributed by atoms with van der Waals surface area (Å²) in [6.07, 6.45) is 4.77. The molecule has 0 fully saturated rings. The summed E-state index contributed by atoms with van der Waals surface area (Å²) in [5.41, 5.74) is 3.53. The SMILES string of the molecule is Cc1cc(C)c(C)c(OCCCNC(=O)COC(=O)c2cnccn2)c1. The Kier molecular flexibility index (Phi) is 7.08. The van der Waals surface area contributed by atoms with Gasteiger partial charge in [-0.2, -0.15) is 0 Å². The van der Waals surface area contributed by atoms with Crippen molar-refractivity contribution in [1.29, 1.82) is 0 Å². The number of esters is 1. The van der Waals surface area contributed by atoms with Crippen molar-refractivity contribution in [1.82, 2.24) is 15.3 Å². The molecule has 2 aromatic rings. The van der Waals surface area contributed by atoms with Crippen LogP contribution in [0.2, 0.25) is 0 Å². The molecule has 0 atom stereocenters. The first-order valence-corrected chi connectivity index (χ1v) is 8.38. The number of aromatic nitrogens is 2. The highest BCUT2D eigenvalue weighted by Crippen LogP contribution is 2.23. The van der Waals surface area contributed by atoms with E-state index in [0.29, 0.717) is 19.6 Å². The molecule has 0 aliphatic carbocycles. The lowest BCUT2D eigenvalue weighted by molar-refractivity contribution is -0.124. The number of nitrogens with one attached hydrogen (secondary N) is 1. The number of rotatable bonds is 8. The predicted molar refractivity (Wildman–Crippen MR) is 96.1 cm³/mol. The highest BCUT2D eigenvalue weighted by molar-refractivity contribution is 5.89. The highest BCUT2D eigenvalue weighted by atomic mass is 16.5. The number of amides is 1. The van der Waals surface area contributed by atoms with Crippen molar-refractivity contribution in [2.24, 2.45) is 0 Å². The normalized spacial score (nSPS) is 10.3. The number of ether oxygens (including phenoxy) is 2. The summed E-state index contributed by atoms with van der Waals surface area (Å²) in [6, 6.07) is 4.12. The Morgan fingerprint density at radius 3 is 2.69 bits per heavy atom. The number of benzene rings is 1. The number of aryl methyl sites for hydroxylation is 2. The zero-order valence-corrected chi connectivity index (χ0v) is 15.2. The molecule has 0 bridgehead atoms. The largest absolute Gasteiger partial charge is 0.493 e. The maximum absolute atomic E-state index is 11.7. The Balaban J connectivity index is 1.64. The van der Waals surface area contributed by atoms with Gasteiger partial charge in [-0.3, -0.25) is 9.78 Å². The molecule has 26 heavy (non-hydrogen) atoms. The maximum atomic E-state index is 11.7. The Morgan fingerprint density at radius 2 is 1.96 bits per heavy atom. The van der Waals surface area contributed by atoms with Crippen LogP contribution in [0.1, 0.15) is 33.6 Å². The van der Waals surface area contributed by atoms with E-state index < -0.39 is 5.97 Å². The summed E-state index contributed by atoms with van der Waals surface area (Å²) < 4.78 is 10.7. The monoisotopic (exact) mass is 357 g/mol. The molecule has 1 heterocycles. The third kappa shape index (κ3) is 5.84. The fraction of sp³-hybridized carbons (Fsp3) is 0.368. The molecule has 0 saturated carbocycles. The molecule has 1 N–H and O–H groups in total. The van der Waals surface area contributed by atoms with Crippen molar-refractivity contribution >= 4 is 11.9 Å². The topological polar surface area (TPSA) is 90.4 Å². The number of hydrogen-bond acceptors (Lipinski definition) is 6. The van der Waals surface area contributed by atoms with Gasteiger partial charge in [-0.15, -0.1) is 0 Å². The van der Waals surface area contributed by atoms with Crippen molar-refractivity contribution < 1.29 is 19.1 Å². The molecule has 0 saturated heterocycles. The second-order valence-corrected chi connectivity index (χ2v) is 5.92. The summed E-state index contributed by atoms with van der Waals surface area (Å²) >= 11 is 0. The summed E-state index contributed by atoms with van der Waals surface area (Å²) in [7, 11) is 0. The van der Waals surface area contributed by atoms with Gasteiger partial charge < -0.3 is 14.8 Å². The lowest BCUT2D eigenvalue weighted by Crippen LogP contribution is -2.30. The molecule has 0 aliphatic heterocycles. The Bertz CT molecular complexity index is 763. The molecule has 1 aromatic heterocycles. The van der Waals surface area contributed by atoms with Crippen LogP contribution in [0, 0.1) is 20.8 Å². The quantitative estimate of drug-likeness (QED) is 0.575. The van der Waals surface area contributed by atoms with Crippen molar-refractivity contribution in [3.63, 3.8) is 0 Å².